The van der Waals surface area contributed by atoms with Crippen LogP contribution >= 0.6 is 0 Å². The summed E-state index contributed by atoms with van der Waals surface area (Å²) in [6.45, 7) is 5.43. The lowest BCUT2D eigenvalue weighted by Gasteiger charge is -2.25. The predicted octanol–water partition coefficient (Wildman–Crippen LogP) is 3.03. The highest BCUT2D eigenvalue weighted by Crippen LogP contribution is 2.27. The van der Waals surface area contributed by atoms with Gasteiger partial charge in [0.05, 0.1) is 17.3 Å². The molecule has 2 rings (SSSR count). The van der Waals surface area contributed by atoms with Gasteiger partial charge in [-0.1, -0.05) is 33.1 Å². The maximum absolute atomic E-state index is 10.2. The van der Waals surface area contributed by atoms with Gasteiger partial charge >= 0.3 is 0 Å². The summed E-state index contributed by atoms with van der Waals surface area (Å²) >= 11 is 0. The van der Waals surface area contributed by atoms with E-state index in [4.69, 9.17) is 0 Å². The molecule has 4 heteroatoms. The summed E-state index contributed by atoms with van der Waals surface area (Å²) in [7, 11) is 0. The number of hydrogen-bond donors (Lipinski definition) is 2. The molecule has 1 fully saturated rings. The monoisotopic (exact) mass is 279 g/mol. The third-order valence-corrected chi connectivity index (χ3v) is 4.69. The zero-order valence-corrected chi connectivity index (χ0v) is 12.9. The zero-order chi connectivity index (χ0) is 14.4. The van der Waals surface area contributed by atoms with Crippen molar-refractivity contribution in [3.8, 4) is 0 Å². The third kappa shape index (κ3) is 4.06. The molecule has 0 amide bonds. The number of aromatic nitrogens is 2. The van der Waals surface area contributed by atoms with E-state index < -0.39 is 5.60 Å². The minimum Gasteiger partial charge on any atom is -0.389 e. The second kappa shape index (κ2) is 7.23. The fraction of sp³-hybridized carbons (Fsp3) is 0.812. The van der Waals surface area contributed by atoms with Crippen LogP contribution in [0.1, 0.15) is 70.5 Å². The van der Waals surface area contributed by atoms with Crippen LogP contribution < -0.4 is 5.32 Å². The minimum atomic E-state index is -0.577. The maximum Gasteiger partial charge on any atom is 0.0766 e. The van der Waals surface area contributed by atoms with E-state index in [1.54, 1.807) is 0 Å². The lowest BCUT2D eigenvalue weighted by Crippen LogP contribution is -2.39. The van der Waals surface area contributed by atoms with Crippen molar-refractivity contribution in [1.29, 1.82) is 0 Å². The number of nitrogens with one attached hydrogen (secondary N) is 1. The highest BCUT2D eigenvalue weighted by Gasteiger charge is 2.21. The molecule has 4 nitrogen and oxygen atoms in total. The summed E-state index contributed by atoms with van der Waals surface area (Å²) in [5.41, 5.74) is 0.497. The topological polar surface area (TPSA) is 50.1 Å². The van der Waals surface area contributed by atoms with Gasteiger partial charge < -0.3 is 10.4 Å². The van der Waals surface area contributed by atoms with Crippen LogP contribution in [0.3, 0.4) is 0 Å². The summed E-state index contributed by atoms with van der Waals surface area (Å²) < 4.78 is 2.14. The molecule has 114 valence electrons. The van der Waals surface area contributed by atoms with Crippen molar-refractivity contribution in [2.75, 3.05) is 6.54 Å². The van der Waals surface area contributed by atoms with E-state index in [9.17, 15) is 5.11 Å². The van der Waals surface area contributed by atoms with E-state index in [1.807, 2.05) is 13.8 Å². The molecule has 0 aromatic carbocycles. The molecule has 1 saturated carbocycles. The lowest BCUT2D eigenvalue weighted by atomic mass is 9.96. The second-order valence-corrected chi connectivity index (χ2v) is 6.11. The Labute approximate surface area is 122 Å². The van der Waals surface area contributed by atoms with Crippen molar-refractivity contribution in [1.82, 2.24) is 15.1 Å². The molecule has 0 spiro atoms. The van der Waals surface area contributed by atoms with Crippen LogP contribution in [0, 0.1) is 0 Å². The smallest absolute Gasteiger partial charge is 0.0766 e. The number of nitrogens with zero attached hydrogens (tertiary/aromatic N) is 2. The largest absolute Gasteiger partial charge is 0.389 e. The molecule has 1 aromatic heterocycles. The molecule has 1 aromatic rings. The van der Waals surface area contributed by atoms with Crippen LogP contribution in [-0.2, 0) is 6.54 Å². The van der Waals surface area contributed by atoms with E-state index in [0.717, 1.165) is 25.1 Å². The van der Waals surface area contributed by atoms with Gasteiger partial charge in [0, 0.05) is 19.3 Å². The van der Waals surface area contributed by atoms with Crippen LogP contribution in [0.5, 0.6) is 0 Å². The van der Waals surface area contributed by atoms with E-state index >= 15 is 0 Å². The van der Waals surface area contributed by atoms with Crippen molar-refractivity contribution >= 4 is 0 Å². The summed E-state index contributed by atoms with van der Waals surface area (Å²) in [5.74, 6) is 0. The van der Waals surface area contributed by atoms with Crippen molar-refractivity contribution in [2.45, 2.75) is 77.0 Å². The lowest BCUT2D eigenvalue weighted by molar-refractivity contribution is 0.0322. The van der Waals surface area contributed by atoms with Gasteiger partial charge in [0.25, 0.3) is 0 Å². The Morgan fingerprint density at radius 2 is 2.00 bits per heavy atom. The summed E-state index contributed by atoms with van der Waals surface area (Å²) in [6.07, 6.45) is 10.2. The minimum absolute atomic E-state index is 0.577. The molecule has 1 aliphatic rings. The molecular weight excluding hydrogens is 250 g/mol. The fourth-order valence-electron chi connectivity index (χ4n) is 2.94. The molecule has 20 heavy (non-hydrogen) atoms. The van der Waals surface area contributed by atoms with Gasteiger partial charge in [-0.05, 0) is 31.7 Å². The Balaban J connectivity index is 1.80. The average Bonchev–Trinajstić information content (AvgIpc) is 2.97. The van der Waals surface area contributed by atoms with Crippen LogP contribution in [0.4, 0.5) is 0 Å². The van der Waals surface area contributed by atoms with Crippen molar-refractivity contribution in [2.24, 2.45) is 0 Å². The van der Waals surface area contributed by atoms with E-state index in [0.29, 0.717) is 12.6 Å². The van der Waals surface area contributed by atoms with Gasteiger partial charge in [0.15, 0.2) is 0 Å². The molecule has 0 bridgehead atoms. The number of rotatable bonds is 7. The molecule has 0 atom stereocenters. The molecule has 0 aliphatic heterocycles. The highest BCUT2D eigenvalue weighted by molar-refractivity contribution is 5.00. The fourth-order valence-corrected chi connectivity index (χ4v) is 2.94. The maximum atomic E-state index is 10.2. The van der Waals surface area contributed by atoms with Gasteiger partial charge in [0.2, 0.25) is 0 Å². The van der Waals surface area contributed by atoms with Gasteiger partial charge in [-0.15, -0.1) is 0 Å². The summed E-state index contributed by atoms with van der Waals surface area (Å²) in [4.78, 5) is 0. The molecule has 1 aliphatic carbocycles. The molecule has 0 saturated heterocycles. The van der Waals surface area contributed by atoms with E-state index in [-0.39, 0.29) is 0 Å². The molecule has 0 radical (unpaired) electrons. The molecule has 0 unspecified atom stereocenters. The van der Waals surface area contributed by atoms with Gasteiger partial charge in [-0.3, -0.25) is 4.68 Å². The van der Waals surface area contributed by atoms with Gasteiger partial charge in [0.1, 0.15) is 0 Å². The second-order valence-electron chi connectivity index (χ2n) is 6.11. The van der Waals surface area contributed by atoms with Crippen LogP contribution in [-0.4, -0.2) is 27.0 Å². The van der Waals surface area contributed by atoms with E-state index in [1.165, 1.54) is 32.1 Å². The first kappa shape index (κ1) is 15.5. The van der Waals surface area contributed by atoms with Crippen LogP contribution in [0.15, 0.2) is 12.3 Å². The van der Waals surface area contributed by atoms with Gasteiger partial charge in [-0.2, -0.15) is 5.10 Å². The quantitative estimate of drug-likeness (QED) is 0.806. The van der Waals surface area contributed by atoms with Crippen LogP contribution in [0.2, 0.25) is 0 Å². The predicted molar refractivity (Wildman–Crippen MR) is 81.6 cm³/mol. The average molecular weight is 279 g/mol. The van der Waals surface area contributed by atoms with Crippen molar-refractivity contribution < 1.29 is 5.11 Å². The Bertz CT molecular complexity index is 392. The normalized spacial score (nSPS) is 17.6. The SMILES string of the molecule is CCC(O)(CC)CNCc1ccn(C2CCCCC2)n1. The highest BCUT2D eigenvalue weighted by atomic mass is 16.3. The first-order chi connectivity index (χ1) is 9.67. The molecule has 1 heterocycles. The first-order valence-corrected chi connectivity index (χ1v) is 8.14. The summed E-state index contributed by atoms with van der Waals surface area (Å²) in [5, 5.41) is 18.2. The van der Waals surface area contributed by atoms with Crippen molar-refractivity contribution in [3.63, 3.8) is 0 Å². The number of aliphatic hydroxyl groups is 1. The summed E-state index contributed by atoms with van der Waals surface area (Å²) in [6, 6.07) is 2.69. The Morgan fingerprint density at radius 1 is 1.30 bits per heavy atom. The van der Waals surface area contributed by atoms with Crippen molar-refractivity contribution in [3.05, 3.63) is 18.0 Å². The molecule has 2 N–H and O–H groups in total. The van der Waals surface area contributed by atoms with Crippen LogP contribution in [0.25, 0.3) is 0 Å². The Hall–Kier alpha value is -0.870. The third-order valence-electron chi connectivity index (χ3n) is 4.69. The zero-order valence-electron chi connectivity index (χ0n) is 12.9. The Morgan fingerprint density at radius 3 is 2.65 bits per heavy atom. The Kier molecular flexibility index (Phi) is 5.61. The van der Waals surface area contributed by atoms with E-state index in [2.05, 4.69) is 27.4 Å². The standard InChI is InChI=1S/C16H29N3O/c1-3-16(20,4-2)13-17-12-14-10-11-19(18-14)15-8-6-5-7-9-15/h10-11,15,17,20H,3-9,12-13H2,1-2H3. The van der Waals surface area contributed by atoms with Gasteiger partial charge in [-0.25, -0.2) is 0 Å². The number of hydrogen-bond acceptors (Lipinski definition) is 3. The first-order valence-electron chi connectivity index (χ1n) is 8.14. The molecular formula is C16H29N3O.